The standard InChI is InChI=1S/C24H25F4N5O3S/c1-13-8-29-22(37-13)19-7-17(36-12-16-11-35-5-4-33(16)3)6-18(20(19)25)21(34)32-14(2)15-9-30-23(31-10-15)24(26,27)28/h6-10,14,16H,4-5,11-12H2,1-3H3,(H,32,34)/t14?,16-/m0/s1. The number of alkyl halides is 3. The van der Waals surface area contributed by atoms with Crippen LogP contribution in [0.4, 0.5) is 17.6 Å². The molecule has 0 radical (unpaired) electrons. The summed E-state index contributed by atoms with van der Waals surface area (Å²) in [5.41, 5.74) is 0.0538. The number of amides is 1. The first-order valence-electron chi connectivity index (χ1n) is 11.4. The van der Waals surface area contributed by atoms with Gasteiger partial charge in [0.2, 0.25) is 5.82 Å². The van der Waals surface area contributed by atoms with Gasteiger partial charge in [-0.2, -0.15) is 13.2 Å². The maximum Gasteiger partial charge on any atom is 0.451 e. The van der Waals surface area contributed by atoms with E-state index in [4.69, 9.17) is 9.47 Å². The summed E-state index contributed by atoms with van der Waals surface area (Å²) in [5.74, 6) is -2.57. The summed E-state index contributed by atoms with van der Waals surface area (Å²) in [5, 5.41) is 2.98. The van der Waals surface area contributed by atoms with E-state index in [9.17, 15) is 18.0 Å². The van der Waals surface area contributed by atoms with Crippen molar-refractivity contribution in [3.8, 4) is 16.3 Å². The number of likely N-dealkylation sites (N-methyl/N-ethyl adjacent to an activating group) is 1. The molecule has 1 N–H and O–H groups in total. The van der Waals surface area contributed by atoms with Crippen molar-refractivity contribution in [2.24, 2.45) is 0 Å². The Hall–Kier alpha value is -3.16. The number of carbonyl (C=O) groups excluding carboxylic acids is 1. The average molecular weight is 540 g/mol. The van der Waals surface area contributed by atoms with E-state index < -0.39 is 29.8 Å². The number of hydrogen-bond acceptors (Lipinski definition) is 8. The summed E-state index contributed by atoms with van der Waals surface area (Å²) >= 11 is 1.27. The Morgan fingerprint density at radius 1 is 1.27 bits per heavy atom. The van der Waals surface area contributed by atoms with Gasteiger partial charge >= 0.3 is 6.18 Å². The molecule has 2 atom stereocenters. The number of nitrogens with one attached hydrogen (secondary N) is 1. The molecule has 1 aliphatic heterocycles. The second-order valence-corrected chi connectivity index (χ2v) is 9.90. The number of carbonyl (C=O) groups is 1. The van der Waals surface area contributed by atoms with Crippen LogP contribution in [0, 0.1) is 12.7 Å². The van der Waals surface area contributed by atoms with Crippen LogP contribution in [0.15, 0.2) is 30.7 Å². The second kappa shape index (κ2) is 11.1. The van der Waals surface area contributed by atoms with E-state index in [2.05, 4.69) is 25.2 Å². The highest BCUT2D eigenvalue weighted by molar-refractivity contribution is 7.14. The van der Waals surface area contributed by atoms with Gasteiger partial charge in [0.15, 0.2) is 0 Å². The van der Waals surface area contributed by atoms with Gasteiger partial charge in [0.05, 0.1) is 36.4 Å². The first kappa shape index (κ1) is 26.9. The van der Waals surface area contributed by atoms with E-state index in [0.717, 1.165) is 23.8 Å². The average Bonchev–Trinajstić information content (AvgIpc) is 3.29. The number of morpholine rings is 1. The van der Waals surface area contributed by atoms with Crippen molar-refractivity contribution in [1.82, 2.24) is 25.2 Å². The number of benzene rings is 1. The molecule has 1 fully saturated rings. The van der Waals surface area contributed by atoms with E-state index in [1.165, 1.54) is 30.4 Å². The minimum absolute atomic E-state index is 0.0127. The molecule has 4 rings (SSSR count). The Morgan fingerprint density at radius 2 is 2.00 bits per heavy atom. The predicted octanol–water partition coefficient (Wildman–Crippen LogP) is 4.27. The number of aryl methyl sites for hydroxylation is 1. The first-order chi connectivity index (χ1) is 17.5. The lowest BCUT2D eigenvalue weighted by molar-refractivity contribution is -0.145. The minimum atomic E-state index is -4.68. The van der Waals surface area contributed by atoms with Gasteiger partial charge in [0, 0.05) is 35.6 Å². The van der Waals surface area contributed by atoms with Crippen molar-refractivity contribution in [3.05, 3.63) is 58.4 Å². The van der Waals surface area contributed by atoms with Crippen LogP contribution in [-0.4, -0.2) is 65.2 Å². The maximum absolute atomic E-state index is 15.6. The van der Waals surface area contributed by atoms with Crippen molar-refractivity contribution in [3.63, 3.8) is 0 Å². The van der Waals surface area contributed by atoms with Crippen LogP contribution < -0.4 is 10.1 Å². The molecule has 0 spiro atoms. The molecule has 8 nitrogen and oxygen atoms in total. The third-order valence-electron chi connectivity index (χ3n) is 5.88. The van der Waals surface area contributed by atoms with E-state index in [0.29, 0.717) is 18.2 Å². The van der Waals surface area contributed by atoms with Crippen molar-refractivity contribution in [1.29, 1.82) is 0 Å². The topological polar surface area (TPSA) is 89.5 Å². The van der Waals surface area contributed by atoms with Crippen molar-refractivity contribution >= 4 is 17.2 Å². The molecule has 3 aromatic rings. The lowest BCUT2D eigenvalue weighted by Crippen LogP contribution is -2.46. The van der Waals surface area contributed by atoms with E-state index >= 15 is 4.39 Å². The van der Waals surface area contributed by atoms with Gasteiger partial charge in [-0.15, -0.1) is 11.3 Å². The van der Waals surface area contributed by atoms with Crippen LogP contribution in [-0.2, 0) is 10.9 Å². The van der Waals surface area contributed by atoms with Crippen molar-refractivity contribution < 1.29 is 31.8 Å². The molecule has 3 heterocycles. The fourth-order valence-electron chi connectivity index (χ4n) is 3.65. The first-order valence-corrected chi connectivity index (χ1v) is 12.2. The summed E-state index contributed by atoms with van der Waals surface area (Å²) in [6.45, 7) is 5.49. The number of thiazole rings is 1. The van der Waals surface area contributed by atoms with E-state index in [1.807, 2.05) is 14.0 Å². The zero-order valence-corrected chi connectivity index (χ0v) is 21.1. The van der Waals surface area contributed by atoms with Crippen LogP contribution in [0.5, 0.6) is 5.75 Å². The molecule has 0 saturated carbocycles. The van der Waals surface area contributed by atoms with Crippen LogP contribution >= 0.6 is 11.3 Å². The highest BCUT2D eigenvalue weighted by atomic mass is 32.1. The normalized spacial score (nSPS) is 17.4. The van der Waals surface area contributed by atoms with Crippen LogP contribution in [0.2, 0.25) is 0 Å². The number of rotatable bonds is 7. The molecule has 1 aromatic carbocycles. The third kappa shape index (κ3) is 6.40. The third-order valence-corrected chi connectivity index (χ3v) is 6.83. The Kier molecular flexibility index (Phi) is 8.05. The summed E-state index contributed by atoms with van der Waals surface area (Å²) in [4.78, 5) is 26.9. The fraction of sp³-hybridized carbons (Fsp3) is 0.417. The van der Waals surface area contributed by atoms with Crippen LogP contribution in [0.1, 0.15) is 39.6 Å². The summed E-state index contributed by atoms with van der Waals surface area (Å²) in [6, 6.07) is 1.99. The predicted molar refractivity (Wildman–Crippen MR) is 128 cm³/mol. The maximum atomic E-state index is 15.6. The lowest BCUT2D eigenvalue weighted by Gasteiger charge is -2.32. The summed E-state index contributed by atoms with van der Waals surface area (Å²) in [6.07, 6.45) is -1.13. The van der Waals surface area contributed by atoms with Gasteiger partial charge in [-0.25, -0.2) is 19.3 Å². The van der Waals surface area contributed by atoms with Gasteiger partial charge in [-0.05, 0) is 33.0 Å². The molecule has 1 amide bonds. The van der Waals surface area contributed by atoms with Gasteiger partial charge in [0.25, 0.3) is 5.91 Å². The Bertz CT molecular complexity index is 1250. The van der Waals surface area contributed by atoms with Gasteiger partial charge < -0.3 is 14.8 Å². The summed E-state index contributed by atoms with van der Waals surface area (Å²) in [7, 11) is 1.95. The quantitative estimate of drug-likeness (QED) is 0.449. The second-order valence-electron chi connectivity index (χ2n) is 8.66. The lowest BCUT2D eigenvalue weighted by atomic mass is 10.1. The van der Waals surface area contributed by atoms with E-state index in [-0.39, 0.29) is 35.1 Å². The monoisotopic (exact) mass is 539 g/mol. The molecule has 0 bridgehead atoms. The smallest absolute Gasteiger partial charge is 0.451 e. The molecule has 198 valence electrons. The molecule has 1 aliphatic rings. The number of aromatic nitrogens is 3. The van der Waals surface area contributed by atoms with Crippen LogP contribution in [0.3, 0.4) is 0 Å². The van der Waals surface area contributed by atoms with Gasteiger partial charge in [-0.3, -0.25) is 9.69 Å². The van der Waals surface area contributed by atoms with Crippen molar-refractivity contribution in [2.75, 3.05) is 33.4 Å². The number of hydrogen-bond donors (Lipinski definition) is 1. The van der Waals surface area contributed by atoms with Gasteiger partial charge in [0.1, 0.15) is 23.2 Å². The largest absolute Gasteiger partial charge is 0.492 e. The molecule has 13 heteroatoms. The molecular formula is C24H25F4N5O3S. The Morgan fingerprint density at radius 3 is 2.62 bits per heavy atom. The highest BCUT2D eigenvalue weighted by Crippen LogP contribution is 2.33. The highest BCUT2D eigenvalue weighted by Gasteiger charge is 2.34. The minimum Gasteiger partial charge on any atom is -0.492 e. The number of halogens is 4. The molecule has 2 aromatic heterocycles. The summed E-state index contributed by atoms with van der Waals surface area (Å²) < 4.78 is 65.3. The van der Waals surface area contributed by atoms with Crippen molar-refractivity contribution in [2.45, 2.75) is 32.1 Å². The zero-order valence-electron chi connectivity index (χ0n) is 20.3. The Labute approximate surface area is 214 Å². The number of nitrogens with zero attached hydrogens (tertiary/aromatic N) is 4. The molecule has 37 heavy (non-hydrogen) atoms. The zero-order chi connectivity index (χ0) is 26.7. The molecular weight excluding hydrogens is 514 g/mol. The van der Waals surface area contributed by atoms with Crippen LogP contribution in [0.25, 0.3) is 10.6 Å². The number of ether oxygens (including phenoxy) is 2. The molecule has 0 aliphatic carbocycles. The SMILES string of the molecule is Cc1cnc(-c2cc(OC[C@@H]3COCCN3C)cc(C(=O)NC(C)c3cnc(C(F)(F)F)nc3)c2F)s1. The molecule has 1 unspecified atom stereocenters. The van der Waals surface area contributed by atoms with E-state index in [1.54, 1.807) is 6.20 Å². The fourth-order valence-corrected chi connectivity index (χ4v) is 4.43. The molecule has 1 saturated heterocycles. The Balaban J connectivity index is 1.58. The van der Waals surface area contributed by atoms with Gasteiger partial charge in [-0.1, -0.05) is 0 Å².